The number of nitrogens with zero attached hydrogens (tertiary/aromatic N) is 2. The minimum absolute atomic E-state index is 0.232. The van der Waals surface area contributed by atoms with Gasteiger partial charge in [-0.05, 0) is 67.8 Å². The number of rotatable bonds is 3. The predicted molar refractivity (Wildman–Crippen MR) is 127 cm³/mol. The standard InChI is InChI=1S/C26H33N3O3S/c1-25-13-6-9-21(25)19-10-11-23-26(2,22(19)12-14-25)15-20(18-8-5-4-7-17(18)16-27)24(30)29(23)28-33(3,31)32/h4-5,7-8,15,19,21-23,28H,6,9-14H2,1-3H3/t19-,21-,22+,23?,25-,26+/m0/s1. The molecule has 1 aromatic rings. The molecular weight excluding hydrogens is 434 g/mol. The molecule has 4 aliphatic rings. The molecule has 3 aliphatic carbocycles. The SMILES string of the molecule is C[C@@]12CCC[C@H]1[C@@H]1CCC3N(NS(C)(=O)=O)C(=O)C(c4ccccc4C#N)=C[C@]3(C)[C@@H]1CC2. The van der Waals surface area contributed by atoms with Crippen molar-refractivity contribution in [2.75, 3.05) is 6.26 Å². The molecule has 0 saturated heterocycles. The molecule has 0 bridgehead atoms. The van der Waals surface area contributed by atoms with Crippen molar-refractivity contribution >= 4 is 21.5 Å². The zero-order valence-corrected chi connectivity index (χ0v) is 20.5. The molecule has 7 heteroatoms. The first-order valence-electron chi connectivity index (χ1n) is 12.1. The number of fused-ring (bicyclic) bond motifs is 5. The van der Waals surface area contributed by atoms with Crippen LogP contribution in [0.15, 0.2) is 30.3 Å². The molecule has 6 nitrogen and oxygen atoms in total. The molecular formula is C26H33N3O3S. The number of hydrazine groups is 1. The van der Waals surface area contributed by atoms with Crippen LogP contribution in [0.25, 0.3) is 5.57 Å². The molecule has 1 N–H and O–H groups in total. The lowest BCUT2D eigenvalue weighted by atomic mass is 9.48. The summed E-state index contributed by atoms with van der Waals surface area (Å²) in [4.78, 5) is 16.2. The number of sulfonamides is 1. The van der Waals surface area contributed by atoms with Gasteiger partial charge >= 0.3 is 0 Å². The van der Waals surface area contributed by atoms with Crippen LogP contribution < -0.4 is 4.83 Å². The van der Waals surface area contributed by atoms with E-state index in [-0.39, 0.29) is 17.4 Å². The Labute approximate surface area is 197 Å². The molecule has 0 spiro atoms. The van der Waals surface area contributed by atoms with Gasteiger partial charge in [-0.15, -0.1) is 4.83 Å². The summed E-state index contributed by atoms with van der Waals surface area (Å²) in [5, 5.41) is 11.1. The number of carbonyl (C=O) groups excluding carboxylic acids is 1. The van der Waals surface area contributed by atoms with Crippen molar-refractivity contribution < 1.29 is 13.2 Å². The number of nitrogens with one attached hydrogen (secondary N) is 1. The third-order valence-corrected chi connectivity index (χ3v) is 9.86. The van der Waals surface area contributed by atoms with Crippen molar-refractivity contribution in [3.63, 3.8) is 0 Å². The summed E-state index contributed by atoms with van der Waals surface area (Å²) < 4.78 is 24.6. The molecule has 3 saturated carbocycles. The largest absolute Gasteiger partial charge is 0.269 e. The van der Waals surface area contributed by atoms with Gasteiger partial charge in [0.2, 0.25) is 10.0 Å². The number of nitriles is 1. The van der Waals surface area contributed by atoms with Crippen LogP contribution in [0.1, 0.15) is 69.9 Å². The first kappa shape index (κ1) is 22.6. The Hall–Kier alpha value is -2.17. The van der Waals surface area contributed by atoms with E-state index < -0.39 is 10.0 Å². The van der Waals surface area contributed by atoms with Crippen molar-refractivity contribution in [2.24, 2.45) is 28.6 Å². The zero-order chi connectivity index (χ0) is 23.6. The number of benzene rings is 1. The predicted octanol–water partition coefficient (Wildman–Crippen LogP) is 4.25. The lowest BCUT2D eigenvalue weighted by molar-refractivity contribution is -0.142. The van der Waals surface area contributed by atoms with E-state index in [0.29, 0.717) is 39.9 Å². The summed E-state index contributed by atoms with van der Waals surface area (Å²) in [7, 11) is -3.65. The summed E-state index contributed by atoms with van der Waals surface area (Å²) in [6.45, 7) is 4.67. The number of amides is 1. The topological polar surface area (TPSA) is 90.3 Å². The molecule has 1 aliphatic heterocycles. The fraction of sp³-hybridized carbons (Fsp3) is 0.615. The van der Waals surface area contributed by atoms with Gasteiger partial charge < -0.3 is 0 Å². The monoisotopic (exact) mass is 467 g/mol. The Morgan fingerprint density at radius 2 is 1.85 bits per heavy atom. The van der Waals surface area contributed by atoms with Gasteiger partial charge in [0, 0.05) is 16.6 Å². The maximum atomic E-state index is 13.7. The second-order valence-corrected chi connectivity index (χ2v) is 12.9. The van der Waals surface area contributed by atoms with Crippen molar-refractivity contribution in [3.8, 4) is 6.07 Å². The normalized spacial score (nSPS) is 38.1. The van der Waals surface area contributed by atoms with E-state index in [9.17, 15) is 18.5 Å². The third-order valence-electron chi connectivity index (χ3n) is 9.33. The van der Waals surface area contributed by atoms with Crippen LogP contribution in [-0.2, 0) is 14.8 Å². The Bertz CT molecular complexity index is 1170. The van der Waals surface area contributed by atoms with Crippen LogP contribution in [0.3, 0.4) is 0 Å². The van der Waals surface area contributed by atoms with E-state index in [1.54, 1.807) is 18.2 Å². The minimum Gasteiger partial charge on any atom is -0.268 e. The molecule has 1 heterocycles. The second kappa shape index (κ2) is 7.68. The highest BCUT2D eigenvalue weighted by Crippen LogP contribution is 2.64. The molecule has 33 heavy (non-hydrogen) atoms. The summed E-state index contributed by atoms with van der Waals surface area (Å²) in [5.74, 6) is 1.30. The fourth-order valence-corrected chi connectivity index (χ4v) is 8.48. The van der Waals surface area contributed by atoms with Crippen LogP contribution in [0.5, 0.6) is 0 Å². The molecule has 176 valence electrons. The van der Waals surface area contributed by atoms with Crippen molar-refractivity contribution in [1.82, 2.24) is 9.84 Å². The average molecular weight is 468 g/mol. The first-order chi connectivity index (χ1) is 15.6. The molecule has 6 atom stereocenters. The van der Waals surface area contributed by atoms with Gasteiger partial charge in [0.1, 0.15) is 0 Å². The summed E-state index contributed by atoms with van der Waals surface area (Å²) in [5.41, 5.74) is 1.49. The van der Waals surface area contributed by atoms with E-state index in [4.69, 9.17) is 0 Å². The van der Waals surface area contributed by atoms with Crippen LogP contribution >= 0.6 is 0 Å². The molecule has 0 radical (unpaired) electrons. The Morgan fingerprint density at radius 1 is 1.09 bits per heavy atom. The van der Waals surface area contributed by atoms with Gasteiger partial charge in [0.25, 0.3) is 5.91 Å². The highest BCUT2D eigenvalue weighted by molar-refractivity contribution is 7.88. The Balaban J connectivity index is 1.65. The van der Waals surface area contributed by atoms with Crippen LogP contribution in [0, 0.1) is 39.9 Å². The van der Waals surface area contributed by atoms with Crippen LogP contribution in [0.4, 0.5) is 0 Å². The number of carbonyl (C=O) groups is 1. The van der Waals surface area contributed by atoms with Crippen LogP contribution in [0.2, 0.25) is 0 Å². The maximum Gasteiger partial charge on any atom is 0.269 e. The minimum atomic E-state index is -3.65. The molecule has 0 aromatic heterocycles. The highest BCUT2D eigenvalue weighted by Gasteiger charge is 2.59. The van der Waals surface area contributed by atoms with E-state index in [1.807, 2.05) is 6.07 Å². The fourth-order valence-electron chi connectivity index (χ4n) is 7.91. The van der Waals surface area contributed by atoms with Gasteiger partial charge in [0.05, 0.1) is 23.9 Å². The quantitative estimate of drug-likeness (QED) is 0.720. The maximum absolute atomic E-state index is 13.7. The lowest BCUT2D eigenvalue weighted by Gasteiger charge is -2.60. The molecule has 5 rings (SSSR count). The highest BCUT2D eigenvalue weighted by atomic mass is 32.2. The second-order valence-electron chi connectivity index (χ2n) is 11.2. The van der Waals surface area contributed by atoms with E-state index in [1.165, 1.54) is 30.7 Å². The van der Waals surface area contributed by atoms with Gasteiger partial charge in [0.15, 0.2) is 0 Å². The Kier molecular flexibility index (Phi) is 5.26. The van der Waals surface area contributed by atoms with E-state index in [2.05, 4.69) is 30.8 Å². The van der Waals surface area contributed by atoms with Gasteiger partial charge in [-0.3, -0.25) is 9.80 Å². The van der Waals surface area contributed by atoms with Crippen molar-refractivity contribution in [3.05, 3.63) is 41.5 Å². The van der Waals surface area contributed by atoms with E-state index in [0.717, 1.165) is 25.5 Å². The van der Waals surface area contributed by atoms with Crippen molar-refractivity contribution in [1.29, 1.82) is 5.26 Å². The molecule has 1 aromatic carbocycles. The van der Waals surface area contributed by atoms with Gasteiger partial charge in [-0.1, -0.05) is 44.5 Å². The van der Waals surface area contributed by atoms with E-state index >= 15 is 0 Å². The van der Waals surface area contributed by atoms with Crippen molar-refractivity contribution in [2.45, 2.75) is 64.8 Å². The molecule has 1 unspecified atom stereocenters. The lowest BCUT2D eigenvalue weighted by Crippen LogP contribution is -2.64. The average Bonchev–Trinajstić information content (AvgIpc) is 3.17. The summed E-state index contributed by atoms with van der Waals surface area (Å²) >= 11 is 0. The Morgan fingerprint density at radius 3 is 2.58 bits per heavy atom. The smallest absolute Gasteiger partial charge is 0.268 e. The summed E-state index contributed by atoms with van der Waals surface area (Å²) in [6.07, 6.45) is 11.2. The number of hydrogen-bond donors (Lipinski definition) is 1. The van der Waals surface area contributed by atoms with Gasteiger partial charge in [-0.2, -0.15) is 5.26 Å². The first-order valence-corrected chi connectivity index (χ1v) is 14.0. The van der Waals surface area contributed by atoms with Gasteiger partial charge in [-0.25, -0.2) is 8.42 Å². The van der Waals surface area contributed by atoms with Crippen LogP contribution in [-0.4, -0.2) is 31.6 Å². The third kappa shape index (κ3) is 3.54. The summed E-state index contributed by atoms with van der Waals surface area (Å²) in [6, 6.07) is 9.08. The molecule has 1 amide bonds. The molecule has 3 fully saturated rings. The number of hydrogen-bond acceptors (Lipinski definition) is 4. The zero-order valence-electron chi connectivity index (χ0n) is 19.7.